The van der Waals surface area contributed by atoms with Gasteiger partial charge in [0.15, 0.2) is 11.5 Å². The molecule has 0 saturated heterocycles. The van der Waals surface area contributed by atoms with Crippen LogP contribution in [-0.4, -0.2) is 13.0 Å². The van der Waals surface area contributed by atoms with E-state index in [9.17, 15) is 26.0 Å². The summed E-state index contributed by atoms with van der Waals surface area (Å²) in [4.78, 5) is 1.17. The zero-order valence-electron chi connectivity index (χ0n) is 10.9. The van der Waals surface area contributed by atoms with Crippen molar-refractivity contribution in [2.45, 2.75) is 15.5 Å². The Labute approximate surface area is 125 Å². The molecule has 1 nitrogen and oxygen atoms in total. The average molecular weight is 338 g/mol. The van der Waals surface area contributed by atoms with Crippen LogP contribution in [0.2, 0.25) is 0 Å². The zero-order chi connectivity index (χ0) is 16.3. The van der Waals surface area contributed by atoms with Gasteiger partial charge in [-0.3, -0.25) is 0 Å². The maximum Gasteiger partial charge on any atom is 0.673 e. The molecular formula is C13H9BF6OS. The van der Waals surface area contributed by atoms with Crippen LogP contribution in [0.3, 0.4) is 0 Å². The molecule has 0 fully saturated rings. The Morgan fingerprint density at radius 3 is 1.50 bits per heavy atom. The molecule has 0 amide bonds. The highest BCUT2D eigenvalue weighted by atomic mass is 32.2. The van der Waals surface area contributed by atoms with E-state index in [1.807, 2.05) is 0 Å². The van der Waals surface area contributed by atoms with Gasteiger partial charge in [-0.15, -0.1) is 0 Å². The molecule has 1 aliphatic rings. The van der Waals surface area contributed by atoms with Crippen molar-refractivity contribution in [1.82, 2.24) is 0 Å². The predicted molar refractivity (Wildman–Crippen MR) is 73.0 cm³/mol. The molecule has 0 aromatic heterocycles. The standard InChI is InChI=1S/C13H9F2OS.BF4/c14-13(15)17-11-7-3-1-5-9(11)16-10-6-2-4-8-12(10)17;2-1(3,4)5/h1-8,13H;/q+1;-1. The quantitative estimate of drug-likeness (QED) is 0.387. The van der Waals surface area contributed by atoms with Gasteiger partial charge in [0, 0.05) is 0 Å². The highest BCUT2D eigenvalue weighted by molar-refractivity contribution is 7.97. The zero-order valence-corrected chi connectivity index (χ0v) is 11.7. The summed E-state index contributed by atoms with van der Waals surface area (Å²) in [7, 11) is -7.20. The molecule has 9 heteroatoms. The van der Waals surface area contributed by atoms with Gasteiger partial charge in [-0.1, -0.05) is 24.3 Å². The molecule has 0 bridgehead atoms. The fraction of sp³-hybridized carbons (Fsp3) is 0.0769. The topological polar surface area (TPSA) is 9.23 Å². The first-order chi connectivity index (χ1) is 10.3. The van der Waals surface area contributed by atoms with Crippen LogP contribution < -0.4 is 4.74 Å². The van der Waals surface area contributed by atoms with E-state index in [1.165, 1.54) is 0 Å². The van der Waals surface area contributed by atoms with Gasteiger partial charge in [0.1, 0.15) is 10.9 Å². The summed E-state index contributed by atoms with van der Waals surface area (Å²) in [6.45, 7) is 0. The fourth-order valence-corrected chi connectivity index (χ4v) is 3.59. The molecular weight excluding hydrogens is 329 g/mol. The minimum atomic E-state index is -6.00. The molecule has 3 rings (SSSR count). The van der Waals surface area contributed by atoms with Crippen LogP contribution in [0.5, 0.6) is 11.5 Å². The van der Waals surface area contributed by atoms with Gasteiger partial charge < -0.3 is 22.0 Å². The van der Waals surface area contributed by atoms with Gasteiger partial charge in [-0.2, -0.15) is 8.78 Å². The van der Waals surface area contributed by atoms with Gasteiger partial charge in [-0.25, -0.2) is 0 Å². The summed E-state index contributed by atoms with van der Waals surface area (Å²) < 4.78 is 71.1. The van der Waals surface area contributed by atoms with Crippen molar-refractivity contribution >= 4 is 18.1 Å². The smallest absolute Gasteiger partial charge is 0.447 e. The first kappa shape index (κ1) is 16.6. The lowest BCUT2D eigenvalue weighted by molar-refractivity contribution is 0.246. The third kappa shape index (κ3) is 4.13. The van der Waals surface area contributed by atoms with E-state index in [1.54, 1.807) is 48.5 Å². The first-order valence-electron chi connectivity index (χ1n) is 6.02. The molecule has 0 atom stereocenters. The number of rotatable bonds is 1. The number of fused-ring (bicyclic) bond motifs is 2. The summed E-state index contributed by atoms with van der Waals surface area (Å²) in [5.41, 5.74) is 0. The van der Waals surface area contributed by atoms with Gasteiger partial charge in [0.25, 0.3) is 0 Å². The summed E-state index contributed by atoms with van der Waals surface area (Å²) in [5.74, 6) is -1.33. The molecule has 0 radical (unpaired) electrons. The lowest BCUT2D eigenvalue weighted by atomic mass is 10.3. The van der Waals surface area contributed by atoms with E-state index in [0.717, 1.165) is 0 Å². The summed E-state index contributed by atoms with van der Waals surface area (Å²) in [5, 5.41) is 0. The Bertz CT molecular complexity index is 597. The van der Waals surface area contributed by atoms with E-state index in [-0.39, 0.29) is 0 Å². The third-order valence-electron chi connectivity index (χ3n) is 2.57. The van der Waals surface area contributed by atoms with Crippen LogP contribution in [0.4, 0.5) is 26.0 Å². The number of hydrogen-bond donors (Lipinski definition) is 0. The van der Waals surface area contributed by atoms with Crippen LogP contribution in [0.25, 0.3) is 0 Å². The molecule has 0 N–H and O–H groups in total. The fourth-order valence-electron chi connectivity index (χ4n) is 1.86. The highest BCUT2D eigenvalue weighted by Crippen LogP contribution is 2.45. The third-order valence-corrected chi connectivity index (χ3v) is 4.55. The molecule has 0 spiro atoms. The molecule has 2 aromatic rings. The number of alkyl halides is 2. The maximum absolute atomic E-state index is 13.2. The molecule has 0 unspecified atom stereocenters. The van der Waals surface area contributed by atoms with Crippen molar-refractivity contribution in [3.63, 3.8) is 0 Å². The molecule has 0 aliphatic carbocycles. The van der Waals surface area contributed by atoms with E-state index in [2.05, 4.69) is 0 Å². The second-order valence-electron chi connectivity index (χ2n) is 4.09. The van der Waals surface area contributed by atoms with Crippen LogP contribution in [0.15, 0.2) is 58.3 Å². The molecule has 22 heavy (non-hydrogen) atoms. The molecule has 1 heterocycles. The van der Waals surface area contributed by atoms with Gasteiger partial charge >= 0.3 is 13.0 Å². The maximum atomic E-state index is 13.2. The van der Waals surface area contributed by atoms with Crippen LogP contribution in [0, 0.1) is 0 Å². The van der Waals surface area contributed by atoms with Gasteiger partial charge in [0.2, 0.25) is 9.79 Å². The largest absolute Gasteiger partial charge is 0.673 e. The number of halogens is 6. The minimum Gasteiger partial charge on any atom is -0.447 e. The van der Waals surface area contributed by atoms with Crippen molar-refractivity contribution in [1.29, 1.82) is 0 Å². The van der Waals surface area contributed by atoms with Crippen molar-refractivity contribution in [2.75, 3.05) is 0 Å². The highest BCUT2D eigenvalue weighted by Gasteiger charge is 2.44. The van der Waals surface area contributed by atoms with E-state index in [4.69, 9.17) is 4.74 Å². The summed E-state index contributed by atoms with van der Waals surface area (Å²) in [6, 6.07) is 14.0. The summed E-state index contributed by atoms with van der Waals surface area (Å²) in [6.07, 6.45) is 0. The van der Waals surface area contributed by atoms with Gasteiger partial charge in [-0.05, 0) is 24.3 Å². The Hall–Kier alpha value is -1.77. The Morgan fingerprint density at radius 2 is 1.14 bits per heavy atom. The number of ether oxygens (including phenoxy) is 1. The van der Waals surface area contributed by atoms with E-state index >= 15 is 0 Å². The number of para-hydroxylation sites is 2. The van der Waals surface area contributed by atoms with Crippen molar-refractivity contribution in [3.8, 4) is 11.5 Å². The van der Waals surface area contributed by atoms with E-state index in [0.29, 0.717) is 21.3 Å². The predicted octanol–water partition coefficient (Wildman–Crippen LogP) is 5.35. The molecule has 118 valence electrons. The van der Waals surface area contributed by atoms with Crippen molar-refractivity contribution < 1.29 is 30.8 Å². The number of hydrogen-bond acceptors (Lipinski definition) is 1. The Kier molecular flexibility index (Phi) is 4.95. The molecule has 0 saturated carbocycles. The van der Waals surface area contributed by atoms with Crippen LogP contribution >= 0.6 is 0 Å². The lowest BCUT2D eigenvalue weighted by Crippen LogP contribution is -2.18. The van der Waals surface area contributed by atoms with Crippen LogP contribution in [-0.2, 0) is 10.9 Å². The minimum absolute atomic E-state index is 0.537. The van der Waals surface area contributed by atoms with E-state index < -0.39 is 23.9 Å². The Balaban J connectivity index is 0.000000309. The van der Waals surface area contributed by atoms with Crippen molar-refractivity contribution in [3.05, 3.63) is 48.5 Å². The average Bonchev–Trinajstić information content (AvgIpc) is 2.42. The molecule has 1 aliphatic heterocycles. The summed E-state index contributed by atoms with van der Waals surface area (Å²) >= 11 is 0. The SMILES string of the molecule is FC(F)[S+]1c2ccccc2Oc2ccccc21.F[B-](F)(F)F. The normalized spacial score (nSPS) is 13.6. The second kappa shape index (κ2) is 6.56. The molecule has 2 aromatic carbocycles. The second-order valence-corrected chi connectivity index (χ2v) is 6.00. The van der Waals surface area contributed by atoms with Crippen LogP contribution in [0.1, 0.15) is 0 Å². The first-order valence-corrected chi connectivity index (χ1v) is 7.30. The monoisotopic (exact) mass is 338 g/mol. The van der Waals surface area contributed by atoms with Crippen molar-refractivity contribution in [2.24, 2.45) is 0 Å². The number of benzene rings is 2. The van der Waals surface area contributed by atoms with Gasteiger partial charge in [0.05, 0.1) is 0 Å². The Morgan fingerprint density at radius 1 is 0.773 bits per heavy atom. The lowest BCUT2D eigenvalue weighted by Gasteiger charge is -2.18.